The number of hydrogen-bond acceptors (Lipinski definition) is 3. The van der Waals surface area contributed by atoms with Crippen LogP contribution in [0.4, 0.5) is 18.9 Å². The Hall–Kier alpha value is -1.79. The number of likely N-dealkylation sites (tertiary alicyclic amines) is 1. The first kappa shape index (κ1) is 17.6. The normalized spacial score (nSPS) is 19.4. The number of nitrogens with zero attached hydrogens (tertiary/aromatic N) is 2. The van der Waals surface area contributed by atoms with Crippen molar-refractivity contribution in [1.82, 2.24) is 9.88 Å². The fraction of sp³-hybridized carbons (Fsp3) is 0.421. The minimum atomic E-state index is -4.42. The molecule has 0 saturated carbocycles. The summed E-state index contributed by atoms with van der Waals surface area (Å²) < 4.78 is 38.2. The lowest BCUT2D eigenvalue weighted by Crippen LogP contribution is -2.43. The summed E-state index contributed by atoms with van der Waals surface area (Å²) in [5.41, 5.74) is 2.45. The molecule has 0 unspecified atom stereocenters. The highest BCUT2D eigenvalue weighted by molar-refractivity contribution is 6.31. The number of piperidine rings is 1. The molecule has 1 saturated heterocycles. The number of rotatable bonds is 2. The number of pyridine rings is 1. The van der Waals surface area contributed by atoms with Gasteiger partial charge in [0.05, 0.1) is 16.3 Å². The van der Waals surface area contributed by atoms with Gasteiger partial charge >= 0.3 is 6.18 Å². The molecule has 2 aliphatic rings. The van der Waals surface area contributed by atoms with Gasteiger partial charge in [-0.25, -0.2) is 0 Å². The SMILES string of the molecule is FC(F)(F)c1cnc(CN2CCC3(CC2)CNc2ccccc23)c(Cl)c1. The molecule has 3 nitrogen and oxygen atoms in total. The van der Waals surface area contributed by atoms with Crippen LogP contribution >= 0.6 is 11.6 Å². The topological polar surface area (TPSA) is 28.2 Å². The number of aromatic nitrogens is 1. The van der Waals surface area contributed by atoms with Crippen LogP contribution in [0.2, 0.25) is 5.02 Å². The summed E-state index contributed by atoms with van der Waals surface area (Å²) in [6.45, 7) is 3.16. The van der Waals surface area contributed by atoms with Gasteiger partial charge < -0.3 is 5.32 Å². The molecular weight excluding hydrogens is 363 g/mol. The van der Waals surface area contributed by atoms with E-state index in [2.05, 4.69) is 33.4 Å². The highest BCUT2D eigenvalue weighted by Crippen LogP contribution is 2.44. The van der Waals surface area contributed by atoms with E-state index in [9.17, 15) is 13.2 Å². The van der Waals surface area contributed by atoms with Gasteiger partial charge in [-0.2, -0.15) is 13.2 Å². The lowest BCUT2D eigenvalue weighted by atomic mass is 9.74. The summed E-state index contributed by atoms with van der Waals surface area (Å²) in [7, 11) is 0. The number of halogens is 4. The third-order valence-corrected chi connectivity index (χ3v) is 5.87. The molecule has 1 spiro atoms. The molecule has 3 heterocycles. The molecule has 1 fully saturated rings. The van der Waals surface area contributed by atoms with Gasteiger partial charge in [-0.15, -0.1) is 0 Å². The maximum Gasteiger partial charge on any atom is 0.417 e. The molecule has 4 rings (SSSR count). The number of fused-ring (bicyclic) bond motifs is 2. The minimum absolute atomic E-state index is 0.0768. The third kappa shape index (κ3) is 3.16. The molecule has 1 aromatic heterocycles. The lowest BCUT2D eigenvalue weighted by molar-refractivity contribution is -0.137. The van der Waals surface area contributed by atoms with E-state index in [1.165, 1.54) is 11.3 Å². The highest BCUT2D eigenvalue weighted by atomic mass is 35.5. The monoisotopic (exact) mass is 381 g/mol. The molecule has 26 heavy (non-hydrogen) atoms. The van der Waals surface area contributed by atoms with E-state index < -0.39 is 11.7 Å². The van der Waals surface area contributed by atoms with Gasteiger partial charge in [-0.05, 0) is 43.6 Å². The Kier molecular flexibility index (Phi) is 4.35. The van der Waals surface area contributed by atoms with Crippen LogP contribution in [0.15, 0.2) is 36.5 Å². The van der Waals surface area contributed by atoms with Gasteiger partial charge in [0.15, 0.2) is 0 Å². The Balaban J connectivity index is 1.44. The molecule has 0 aliphatic carbocycles. The summed E-state index contributed by atoms with van der Waals surface area (Å²) in [6, 6.07) is 9.39. The quantitative estimate of drug-likeness (QED) is 0.816. The molecule has 7 heteroatoms. The van der Waals surface area contributed by atoms with E-state index in [0.29, 0.717) is 12.2 Å². The second-order valence-corrected chi connectivity index (χ2v) is 7.51. The van der Waals surface area contributed by atoms with E-state index in [4.69, 9.17) is 11.6 Å². The van der Waals surface area contributed by atoms with Gasteiger partial charge in [-0.1, -0.05) is 29.8 Å². The van der Waals surface area contributed by atoms with Crippen LogP contribution in [-0.4, -0.2) is 29.5 Å². The molecule has 2 aliphatic heterocycles. The smallest absolute Gasteiger partial charge is 0.384 e. The van der Waals surface area contributed by atoms with E-state index in [1.54, 1.807) is 0 Å². The van der Waals surface area contributed by atoms with E-state index in [1.807, 2.05) is 6.07 Å². The average Bonchev–Trinajstić information content (AvgIpc) is 2.97. The second kappa shape index (κ2) is 6.43. The molecule has 0 atom stereocenters. The molecule has 1 aromatic carbocycles. The van der Waals surface area contributed by atoms with E-state index >= 15 is 0 Å². The summed E-state index contributed by atoms with van der Waals surface area (Å²) in [5.74, 6) is 0. The Morgan fingerprint density at radius 2 is 1.92 bits per heavy atom. The zero-order chi connectivity index (χ0) is 18.4. The van der Waals surface area contributed by atoms with Crippen LogP contribution in [0.25, 0.3) is 0 Å². The van der Waals surface area contributed by atoms with Crippen molar-refractivity contribution in [2.45, 2.75) is 31.0 Å². The van der Waals surface area contributed by atoms with Gasteiger partial charge in [-0.3, -0.25) is 9.88 Å². The number of hydrogen-bond donors (Lipinski definition) is 1. The van der Waals surface area contributed by atoms with Crippen LogP contribution in [0.3, 0.4) is 0 Å². The average molecular weight is 382 g/mol. The number of anilines is 1. The van der Waals surface area contributed by atoms with Crippen LogP contribution in [-0.2, 0) is 18.1 Å². The van der Waals surface area contributed by atoms with Crippen LogP contribution in [0.1, 0.15) is 29.7 Å². The van der Waals surface area contributed by atoms with Crippen molar-refractivity contribution in [3.05, 3.63) is 58.4 Å². The Morgan fingerprint density at radius 1 is 1.19 bits per heavy atom. The van der Waals surface area contributed by atoms with Crippen molar-refractivity contribution in [3.8, 4) is 0 Å². The van der Waals surface area contributed by atoms with Crippen LogP contribution < -0.4 is 5.32 Å². The van der Waals surface area contributed by atoms with Gasteiger partial charge in [0.25, 0.3) is 0 Å². The minimum Gasteiger partial charge on any atom is -0.384 e. The number of nitrogens with one attached hydrogen (secondary N) is 1. The predicted molar refractivity (Wildman–Crippen MR) is 95.4 cm³/mol. The molecule has 0 amide bonds. The Bertz CT molecular complexity index is 814. The third-order valence-electron chi connectivity index (χ3n) is 5.55. The fourth-order valence-corrected chi connectivity index (χ4v) is 4.22. The standard InChI is InChI=1S/C19H19ClF3N3/c20-15-9-13(19(21,22)23)10-24-17(15)11-26-7-5-18(6-8-26)12-25-16-4-2-1-3-14(16)18/h1-4,9-10,25H,5-8,11-12H2. The Labute approximate surface area is 155 Å². The van der Waals surface area contributed by atoms with Gasteiger partial charge in [0, 0.05) is 30.4 Å². The molecular formula is C19H19ClF3N3. The maximum atomic E-state index is 12.7. The number of para-hydroxylation sites is 1. The van der Waals surface area contributed by atoms with E-state index in [0.717, 1.165) is 44.7 Å². The first-order chi connectivity index (χ1) is 12.4. The first-order valence-electron chi connectivity index (χ1n) is 8.65. The Morgan fingerprint density at radius 3 is 2.62 bits per heavy atom. The molecule has 0 radical (unpaired) electrons. The van der Waals surface area contributed by atoms with E-state index in [-0.39, 0.29) is 10.4 Å². The first-order valence-corrected chi connectivity index (χ1v) is 9.03. The van der Waals surface area contributed by atoms with Crippen molar-refractivity contribution in [1.29, 1.82) is 0 Å². The van der Waals surface area contributed by atoms with Crippen molar-refractivity contribution in [2.24, 2.45) is 0 Å². The lowest BCUT2D eigenvalue weighted by Gasteiger charge is -2.39. The predicted octanol–water partition coefficient (Wildman–Crippen LogP) is 4.71. The van der Waals surface area contributed by atoms with Crippen LogP contribution in [0, 0.1) is 0 Å². The summed E-state index contributed by atoms with van der Waals surface area (Å²) in [6.07, 6.45) is -1.54. The molecule has 138 valence electrons. The summed E-state index contributed by atoms with van der Waals surface area (Å²) >= 11 is 6.04. The van der Waals surface area contributed by atoms with Gasteiger partial charge in [0.2, 0.25) is 0 Å². The second-order valence-electron chi connectivity index (χ2n) is 7.11. The van der Waals surface area contributed by atoms with Crippen molar-refractivity contribution >= 4 is 17.3 Å². The number of benzene rings is 1. The number of alkyl halides is 3. The zero-order valence-electron chi connectivity index (χ0n) is 14.1. The van der Waals surface area contributed by atoms with Crippen molar-refractivity contribution in [2.75, 3.05) is 25.0 Å². The van der Waals surface area contributed by atoms with Crippen molar-refractivity contribution in [3.63, 3.8) is 0 Å². The summed E-state index contributed by atoms with van der Waals surface area (Å²) in [4.78, 5) is 6.17. The van der Waals surface area contributed by atoms with Gasteiger partial charge in [0.1, 0.15) is 0 Å². The largest absolute Gasteiger partial charge is 0.417 e. The summed E-state index contributed by atoms with van der Waals surface area (Å²) in [5, 5.41) is 3.57. The van der Waals surface area contributed by atoms with Crippen molar-refractivity contribution < 1.29 is 13.2 Å². The molecule has 0 bridgehead atoms. The fourth-order valence-electron chi connectivity index (χ4n) is 3.99. The zero-order valence-corrected chi connectivity index (χ0v) is 14.9. The van der Waals surface area contributed by atoms with Crippen LogP contribution in [0.5, 0.6) is 0 Å². The highest BCUT2D eigenvalue weighted by Gasteiger charge is 2.41. The maximum absolute atomic E-state index is 12.7. The molecule has 2 aromatic rings. The molecule has 1 N–H and O–H groups in total.